The SMILES string of the molecule is C[N]1CCC[N](CCOC(C)(C)C)[AlH]1. The van der Waals surface area contributed by atoms with Gasteiger partial charge in [-0.05, 0) is 47.3 Å². The van der Waals surface area contributed by atoms with Crippen molar-refractivity contribution < 1.29 is 4.74 Å². The summed E-state index contributed by atoms with van der Waals surface area (Å²) in [6.45, 7) is 10.9. The highest BCUT2D eigenvalue weighted by Crippen LogP contribution is 2.07. The van der Waals surface area contributed by atoms with Gasteiger partial charge in [-0.2, -0.15) is 0 Å². The van der Waals surface area contributed by atoms with Gasteiger partial charge in [0.05, 0.1) is 12.2 Å². The van der Waals surface area contributed by atoms with E-state index in [2.05, 4.69) is 35.6 Å². The largest absolute Gasteiger partial charge is 0.462 e. The van der Waals surface area contributed by atoms with E-state index >= 15 is 0 Å². The van der Waals surface area contributed by atoms with Crippen molar-refractivity contribution in [2.24, 2.45) is 0 Å². The van der Waals surface area contributed by atoms with Crippen LogP contribution in [0.5, 0.6) is 0 Å². The molecule has 3 nitrogen and oxygen atoms in total. The zero-order valence-electron chi connectivity index (χ0n) is 10.0. The Hall–Kier alpha value is 0.412. The normalized spacial score (nSPS) is 20.9. The molecule has 4 heteroatoms. The Balaban J connectivity index is 2.12. The minimum Gasteiger partial charge on any atom is -0.377 e. The van der Waals surface area contributed by atoms with E-state index in [9.17, 15) is 0 Å². The van der Waals surface area contributed by atoms with Crippen molar-refractivity contribution >= 4 is 15.7 Å². The third-order valence-electron chi connectivity index (χ3n) is 2.40. The Labute approximate surface area is 94.5 Å². The van der Waals surface area contributed by atoms with Gasteiger partial charge in [-0.25, -0.2) is 0 Å². The Kier molecular flexibility index (Phi) is 4.89. The quantitative estimate of drug-likeness (QED) is 0.643. The molecule has 0 N–H and O–H groups in total. The van der Waals surface area contributed by atoms with E-state index in [1.807, 2.05) is 0 Å². The highest BCUT2D eigenvalue weighted by molar-refractivity contribution is 6.28. The zero-order chi connectivity index (χ0) is 10.6. The van der Waals surface area contributed by atoms with Gasteiger partial charge in [-0.1, -0.05) is 0 Å². The Morgan fingerprint density at radius 3 is 2.57 bits per heavy atom. The van der Waals surface area contributed by atoms with Gasteiger partial charge in [-0.15, -0.1) is 0 Å². The predicted molar refractivity (Wildman–Crippen MR) is 61.7 cm³/mol. The van der Waals surface area contributed by atoms with Crippen LogP contribution in [0.25, 0.3) is 0 Å². The standard InChI is InChI=1S/C10H22N2O.Al.H/c1-10(2,3)13-9-8-12-7-5-6-11-4;;/h5-9H2,1-4H3;;/q-2;+2;. The highest BCUT2D eigenvalue weighted by Gasteiger charge is 2.18. The van der Waals surface area contributed by atoms with Crippen molar-refractivity contribution in [2.75, 3.05) is 33.3 Å². The van der Waals surface area contributed by atoms with Gasteiger partial charge in [0.1, 0.15) is 0 Å². The van der Waals surface area contributed by atoms with Crippen LogP contribution in [0, 0.1) is 0 Å². The predicted octanol–water partition coefficient (Wildman–Crippen LogP) is 0.705. The van der Waals surface area contributed by atoms with Gasteiger partial charge in [0.2, 0.25) is 0 Å². The molecule has 0 bridgehead atoms. The van der Waals surface area contributed by atoms with Crippen LogP contribution in [-0.2, 0) is 4.74 Å². The Bertz CT molecular complexity index is 170. The molecule has 0 aliphatic carbocycles. The smallest absolute Gasteiger partial charge is 0.377 e. The lowest BCUT2D eigenvalue weighted by Gasteiger charge is -2.32. The molecule has 0 saturated carbocycles. The maximum atomic E-state index is 5.73. The van der Waals surface area contributed by atoms with Crippen molar-refractivity contribution in [3.8, 4) is 0 Å². The molecule has 0 aromatic carbocycles. The third kappa shape index (κ3) is 5.33. The van der Waals surface area contributed by atoms with E-state index in [0.717, 1.165) is 13.2 Å². The summed E-state index contributed by atoms with van der Waals surface area (Å²) in [5, 5.41) is 0. The van der Waals surface area contributed by atoms with Crippen LogP contribution in [0.3, 0.4) is 0 Å². The van der Waals surface area contributed by atoms with Gasteiger partial charge in [0, 0.05) is 6.54 Å². The van der Waals surface area contributed by atoms with Crippen LogP contribution < -0.4 is 0 Å². The monoisotopic (exact) mass is 214 g/mol. The molecule has 0 aromatic heterocycles. The first-order valence-corrected chi connectivity index (χ1v) is 6.79. The van der Waals surface area contributed by atoms with Gasteiger partial charge in [0.15, 0.2) is 0 Å². The fourth-order valence-corrected chi connectivity index (χ4v) is 3.39. The Morgan fingerprint density at radius 2 is 2.00 bits per heavy atom. The molecule has 1 aliphatic heterocycles. The summed E-state index contributed by atoms with van der Waals surface area (Å²) in [6.07, 6.45) is 1.32. The second kappa shape index (κ2) is 5.48. The lowest BCUT2D eigenvalue weighted by molar-refractivity contribution is -0.00774. The summed E-state index contributed by atoms with van der Waals surface area (Å²) in [7, 11) is 2.24. The van der Waals surface area contributed by atoms with Crippen LogP contribution in [0.1, 0.15) is 27.2 Å². The number of ether oxygens (including phenoxy) is 1. The average molecular weight is 214 g/mol. The van der Waals surface area contributed by atoms with Crippen LogP contribution >= 0.6 is 0 Å². The van der Waals surface area contributed by atoms with Crippen molar-refractivity contribution in [1.29, 1.82) is 0 Å². The van der Waals surface area contributed by atoms with Gasteiger partial charge >= 0.3 is 15.7 Å². The molecule has 1 fully saturated rings. The number of hydrogen-bond donors (Lipinski definition) is 0. The maximum Gasteiger partial charge on any atom is 0.462 e. The Morgan fingerprint density at radius 1 is 1.29 bits per heavy atom. The van der Waals surface area contributed by atoms with Crippen molar-refractivity contribution in [2.45, 2.75) is 32.8 Å². The van der Waals surface area contributed by atoms with Gasteiger partial charge in [0.25, 0.3) is 0 Å². The van der Waals surface area contributed by atoms with Crippen molar-refractivity contribution in [3.05, 3.63) is 0 Å². The molecule has 82 valence electrons. The average Bonchev–Trinajstić information content (AvgIpc) is 2.01. The number of hydrogen-bond acceptors (Lipinski definition) is 3. The van der Waals surface area contributed by atoms with Crippen molar-refractivity contribution in [1.82, 2.24) is 7.77 Å². The zero-order valence-corrected chi connectivity index (χ0v) is 11.5. The molecule has 0 amide bonds. The number of rotatable bonds is 3. The first-order valence-electron chi connectivity index (χ1n) is 5.52. The molecule has 0 atom stereocenters. The molecule has 14 heavy (non-hydrogen) atoms. The fraction of sp³-hybridized carbons (Fsp3) is 1.00. The molecular formula is C10H23AlN2O. The first kappa shape index (κ1) is 12.5. The lowest BCUT2D eigenvalue weighted by Crippen LogP contribution is -2.47. The number of nitrogens with zero attached hydrogens (tertiary/aromatic N) is 2. The summed E-state index contributed by atoms with van der Waals surface area (Å²) in [5.41, 5.74) is 0.0171. The summed E-state index contributed by atoms with van der Waals surface area (Å²) in [4.78, 5) is 0. The van der Waals surface area contributed by atoms with E-state index in [-0.39, 0.29) is 21.3 Å². The molecule has 0 unspecified atom stereocenters. The summed E-state index contributed by atoms with van der Waals surface area (Å²) < 4.78 is 10.8. The highest BCUT2D eigenvalue weighted by atomic mass is 27.1. The third-order valence-corrected chi connectivity index (χ3v) is 4.23. The summed E-state index contributed by atoms with van der Waals surface area (Å²) in [6, 6.07) is 0. The van der Waals surface area contributed by atoms with E-state index < -0.39 is 0 Å². The molecular weight excluding hydrogens is 191 g/mol. The lowest BCUT2D eigenvalue weighted by atomic mass is 10.2. The van der Waals surface area contributed by atoms with Crippen LogP contribution in [0.15, 0.2) is 0 Å². The summed E-state index contributed by atoms with van der Waals surface area (Å²) >= 11 is -0.131. The maximum absolute atomic E-state index is 5.73. The molecule has 0 aromatic rings. The summed E-state index contributed by atoms with van der Waals surface area (Å²) in [5.74, 6) is 0. The van der Waals surface area contributed by atoms with Gasteiger partial charge in [-0.3, -0.25) is 0 Å². The minimum atomic E-state index is -0.131. The molecule has 1 aliphatic rings. The second-order valence-corrected chi connectivity index (χ2v) is 7.41. The first-order chi connectivity index (χ1) is 6.47. The van der Waals surface area contributed by atoms with Crippen LogP contribution in [0.2, 0.25) is 0 Å². The molecule has 1 saturated heterocycles. The van der Waals surface area contributed by atoms with Crippen LogP contribution in [-0.4, -0.2) is 62.3 Å². The topological polar surface area (TPSA) is 15.7 Å². The van der Waals surface area contributed by atoms with E-state index in [1.165, 1.54) is 19.5 Å². The molecule has 1 heterocycles. The molecule has 0 radical (unpaired) electrons. The molecule has 1 rings (SSSR count). The molecule has 0 spiro atoms. The van der Waals surface area contributed by atoms with E-state index in [1.54, 1.807) is 0 Å². The second-order valence-electron chi connectivity index (χ2n) is 5.15. The minimum absolute atomic E-state index is 0.0171. The van der Waals surface area contributed by atoms with Crippen molar-refractivity contribution in [3.63, 3.8) is 0 Å². The van der Waals surface area contributed by atoms with Gasteiger partial charge < -0.3 is 12.5 Å². The van der Waals surface area contributed by atoms with E-state index in [0.29, 0.717) is 0 Å². The fourth-order valence-electron chi connectivity index (χ4n) is 1.71. The van der Waals surface area contributed by atoms with Crippen LogP contribution in [0.4, 0.5) is 0 Å². The van der Waals surface area contributed by atoms with E-state index in [4.69, 9.17) is 4.74 Å².